The number of hydrogen-bond donors (Lipinski definition) is 0. The fraction of sp³-hybridized carbons (Fsp3) is 0.444. The van der Waals surface area contributed by atoms with Crippen LogP contribution in [0, 0.1) is 11.2 Å². The Morgan fingerprint density at radius 1 is 1.27 bits per heavy atom. The summed E-state index contributed by atoms with van der Waals surface area (Å²) in [6, 6.07) is 6.55. The highest BCUT2D eigenvalue weighted by molar-refractivity contribution is 7.03. The monoisotopic (exact) mass is 374 g/mol. The average Bonchev–Trinajstić information content (AvgIpc) is 3.31. The maximum Gasteiger partial charge on any atom is 0.275 e. The number of aromatic nitrogens is 2. The first-order valence-corrected chi connectivity index (χ1v) is 9.52. The van der Waals surface area contributed by atoms with Crippen LogP contribution in [0.4, 0.5) is 4.39 Å². The second kappa shape index (κ2) is 6.75. The molecule has 1 aromatic heterocycles. The molecule has 2 aliphatic rings. The van der Waals surface area contributed by atoms with Crippen molar-refractivity contribution in [1.82, 2.24) is 19.4 Å². The highest BCUT2D eigenvalue weighted by Crippen LogP contribution is 2.41. The zero-order valence-corrected chi connectivity index (χ0v) is 15.0. The Labute approximate surface area is 154 Å². The van der Waals surface area contributed by atoms with Crippen LogP contribution in [0.2, 0.25) is 0 Å². The van der Waals surface area contributed by atoms with Crippen LogP contribution in [0.5, 0.6) is 0 Å². The van der Waals surface area contributed by atoms with Crippen LogP contribution in [0.15, 0.2) is 29.6 Å². The Kier molecular flexibility index (Phi) is 4.44. The first-order valence-electron chi connectivity index (χ1n) is 8.68. The van der Waals surface area contributed by atoms with Crippen LogP contribution < -0.4 is 0 Å². The predicted molar refractivity (Wildman–Crippen MR) is 93.9 cm³/mol. The average molecular weight is 374 g/mol. The fourth-order valence-electron chi connectivity index (χ4n) is 3.98. The number of halogens is 1. The largest absolute Gasteiger partial charge is 0.338 e. The molecule has 2 aromatic rings. The van der Waals surface area contributed by atoms with Gasteiger partial charge < -0.3 is 9.80 Å². The Bertz CT molecular complexity index is 828. The molecule has 1 atom stereocenters. The molecule has 0 aliphatic carbocycles. The molecule has 0 saturated carbocycles. The van der Waals surface area contributed by atoms with Gasteiger partial charge in [-0.1, -0.05) is 22.7 Å². The van der Waals surface area contributed by atoms with E-state index in [1.165, 1.54) is 6.07 Å². The minimum absolute atomic E-state index is 0.0266. The number of carbonyl (C=O) groups is 2. The second-order valence-electron chi connectivity index (χ2n) is 6.97. The van der Waals surface area contributed by atoms with Crippen LogP contribution in [0.1, 0.15) is 35.3 Å². The SMILES string of the molecule is O=C(c1csnn1)N1CC[C@]2(CCCN(Cc3ccccc3F)C2=O)C1. The van der Waals surface area contributed by atoms with E-state index in [0.29, 0.717) is 37.3 Å². The van der Waals surface area contributed by atoms with E-state index < -0.39 is 5.41 Å². The summed E-state index contributed by atoms with van der Waals surface area (Å²) < 4.78 is 17.7. The van der Waals surface area contributed by atoms with Crippen LogP contribution in [0.25, 0.3) is 0 Å². The van der Waals surface area contributed by atoms with E-state index in [1.807, 2.05) is 0 Å². The number of rotatable bonds is 3. The summed E-state index contributed by atoms with van der Waals surface area (Å²) in [6.07, 6.45) is 2.27. The molecular weight excluding hydrogens is 355 g/mol. The van der Waals surface area contributed by atoms with Gasteiger partial charge in [0.2, 0.25) is 5.91 Å². The van der Waals surface area contributed by atoms with Crippen LogP contribution in [0.3, 0.4) is 0 Å². The van der Waals surface area contributed by atoms with E-state index in [2.05, 4.69) is 9.59 Å². The molecule has 2 aliphatic heterocycles. The van der Waals surface area contributed by atoms with Crippen molar-refractivity contribution in [3.05, 3.63) is 46.7 Å². The summed E-state index contributed by atoms with van der Waals surface area (Å²) in [5, 5.41) is 5.46. The summed E-state index contributed by atoms with van der Waals surface area (Å²) >= 11 is 1.14. The summed E-state index contributed by atoms with van der Waals surface area (Å²) in [7, 11) is 0. The van der Waals surface area contributed by atoms with Crippen molar-refractivity contribution in [3.8, 4) is 0 Å². The van der Waals surface area contributed by atoms with E-state index in [4.69, 9.17) is 0 Å². The van der Waals surface area contributed by atoms with Gasteiger partial charge in [-0.05, 0) is 36.9 Å². The fourth-order valence-corrected chi connectivity index (χ4v) is 4.41. The van der Waals surface area contributed by atoms with Gasteiger partial charge in [0.25, 0.3) is 5.91 Å². The molecular formula is C18H19FN4O2S. The zero-order chi connectivity index (χ0) is 18.1. The van der Waals surface area contributed by atoms with Gasteiger partial charge in [-0.25, -0.2) is 4.39 Å². The van der Waals surface area contributed by atoms with Crippen molar-refractivity contribution in [1.29, 1.82) is 0 Å². The molecule has 2 amide bonds. The van der Waals surface area contributed by atoms with Crippen molar-refractivity contribution in [2.75, 3.05) is 19.6 Å². The highest BCUT2D eigenvalue weighted by Gasteiger charge is 2.49. The van der Waals surface area contributed by atoms with Crippen molar-refractivity contribution in [2.24, 2.45) is 5.41 Å². The zero-order valence-electron chi connectivity index (χ0n) is 14.2. The summed E-state index contributed by atoms with van der Waals surface area (Å²) in [4.78, 5) is 29.1. The third-order valence-electron chi connectivity index (χ3n) is 5.36. The lowest BCUT2D eigenvalue weighted by Crippen LogP contribution is -2.50. The molecule has 6 nitrogen and oxygen atoms in total. The topological polar surface area (TPSA) is 66.4 Å². The van der Waals surface area contributed by atoms with Crippen molar-refractivity contribution in [3.63, 3.8) is 0 Å². The number of hydrogen-bond acceptors (Lipinski definition) is 5. The van der Waals surface area contributed by atoms with Gasteiger partial charge in [-0.15, -0.1) is 5.10 Å². The number of piperidine rings is 1. The predicted octanol–water partition coefficient (Wildman–Crippen LogP) is 2.33. The number of nitrogens with zero attached hydrogens (tertiary/aromatic N) is 4. The first-order chi connectivity index (χ1) is 12.6. The third kappa shape index (κ3) is 2.98. The number of carbonyl (C=O) groups excluding carboxylic acids is 2. The van der Waals surface area contributed by atoms with Gasteiger partial charge in [0, 0.05) is 37.1 Å². The van der Waals surface area contributed by atoms with E-state index in [0.717, 1.165) is 24.4 Å². The van der Waals surface area contributed by atoms with Crippen molar-refractivity contribution >= 4 is 23.3 Å². The lowest BCUT2D eigenvalue weighted by molar-refractivity contribution is -0.146. The summed E-state index contributed by atoms with van der Waals surface area (Å²) in [6.45, 7) is 1.84. The number of likely N-dealkylation sites (tertiary alicyclic amines) is 2. The van der Waals surface area contributed by atoms with Gasteiger partial charge in [0.1, 0.15) is 5.82 Å². The smallest absolute Gasteiger partial charge is 0.275 e. The molecule has 3 heterocycles. The van der Waals surface area contributed by atoms with Gasteiger partial charge >= 0.3 is 0 Å². The maximum absolute atomic E-state index is 14.0. The normalized spacial score (nSPS) is 23.0. The highest BCUT2D eigenvalue weighted by atomic mass is 32.1. The summed E-state index contributed by atoms with van der Waals surface area (Å²) in [5.41, 5.74) is 0.304. The second-order valence-corrected chi connectivity index (χ2v) is 7.58. The standard InChI is InChI=1S/C18H19FN4O2S/c19-14-5-2-1-4-13(14)10-22-8-3-6-18(17(22)25)7-9-23(12-18)16(24)15-11-26-21-20-15/h1-2,4-5,11H,3,6-10,12H2/t18-/m1/s1. The molecule has 0 unspecified atom stereocenters. The molecule has 0 radical (unpaired) electrons. The van der Waals surface area contributed by atoms with Gasteiger partial charge in [-0.3, -0.25) is 9.59 Å². The minimum Gasteiger partial charge on any atom is -0.338 e. The lowest BCUT2D eigenvalue weighted by Gasteiger charge is -2.39. The van der Waals surface area contributed by atoms with Gasteiger partial charge in [0.15, 0.2) is 5.69 Å². The molecule has 136 valence electrons. The molecule has 1 spiro atoms. The Morgan fingerprint density at radius 3 is 2.88 bits per heavy atom. The van der Waals surface area contributed by atoms with E-state index in [-0.39, 0.29) is 24.2 Å². The van der Waals surface area contributed by atoms with E-state index in [1.54, 1.807) is 33.4 Å². The van der Waals surface area contributed by atoms with Gasteiger partial charge in [0.05, 0.1) is 5.41 Å². The van der Waals surface area contributed by atoms with Crippen LogP contribution in [-0.4, -0.2) is 50.8 Å². The number of amides is 2. The molecule has 8 heteroatoms. The van der Waals surface area contributed by atoms with Crippen molar-refractivity contribution in [2.45, 2.75) is 25.8 Å². The van der Waals surface area contributed by atoms with E-state index >= 15 is 0 Å². The van der Waals surface area contributed by atoms with Gasteiger partial charge in [-0.2, -0.15) is 0 Å². The first kappa shape index (κ1) is 17.1. The molecule has 2 fully saturated rings. The molecule has 2 saturated heterocycles. The van der Waals surface area contributed by atoms with Crippen LogP contribution in [-0.2, 0) is 11.3 Å². The molecule has 1 aromatic carbocycles. The Balaban J connectivity index is 1.49. The quantitative estimate of drug-likeness (QED) is 0.827. The molecule has 0 N–H and O–H groups in total. The molecule has 4 rings (SSSR count). The Hall–Kier alpha value is -2.35. The third-order valence-corrected chi connectivity index (χ3v) is 5.87. The molecule has 26 heavy (non-hydrogen) atoms. The van der Waals surface area contributed by atoms with Crippen molar-refractivity contribution < 1.29 is 14.0 Å². The van der Waals surface area contributed by atoms with Crippen LogP contribution >= 0.6 is 11.5 Å². The maximum atomic E-state index is 14.0. The minimum atomic E-state index is -0.553. The lowest BCUT2D eigenvalue weighted by atomic mass is 9.78. The molecule has 0 bridgehead atoms. The van der Waals surface area contributed by atoms with E-state index in [9.17, 15) is 14.0 Å². The Morgan fingerprint density at radius 2 is 2.12 bits per heavy atom. The summed E-state index contributed by atoms with van der Waals surface area (Å²) in [5.74, 6) is -0.437. The number of benzene rings is 1.